The molecule has 3 aliphatic rings. The van der Waals surface area contributed by atoms with Crippen LogP contribution in [-0.4, -0.2) is 52.6 Å². The van der Waals surface area contributed by atoms with E-state index < -0.39 is 17.4 Å². The van der Waals surface area contributed by atoms with Gasteiger partial charge in [-0.1, -0.05) is 30.3 Å². The first-order chi connectivity index (χ1) is 16.2. The Morgan fingerprint density at radius 2 is 1.68 bits per heavy atom. The van der Waals surface area contributed by atoms with Crippen molar-refractivity contribution in [1.29, 1.82) is 0 Å². The number of carbonyl (C=O) groups is 2. The lowest BCUT2D eigenvalue weighted by Crippen LogP contribution is -2.60. The zero-order chi connectivity index (χ0) is 23.9. The van der Waals surface area contributed by atoms with E-state index in [-0.39, 0.29) is 24.0 Å². The van der Waals surface area contributed by atoms with Gasteiger partial charge < -0.3 is 15.1 Å². The van der Waals surface area contributed by atoms with Crippen LogP contribution in [-0.2, 0) is 17.4 Å². The van der Waals surface area contributed by atoms with Gasteiger partial charge in [-0.2, -0.15) is 13.2 Å². The number of nitrogens with zero attached hydrogens (tertiary/aromatic N) is 2. The molecule has 0 radical (unpaired) electrons. The zero-order valence-electron chi connectivity index (χ0n) is 18.6. The summed E-state index contributed by atoms with van der Waals surface area (Å²) >= 11 is 0. The molecule has 180 valence electrons. The summed E-state index contributed by atoms with van der Waals surface area (Å²) in [5, 5.41) is 6.30. The van der Waals surface area contributed by atoms with Crippen molar-refractivity contribution >= 4 is 17.6 Å². The van der Waals surface area contributed by atoms with Crippen molar-refractivity contribution in [2.24, 2.45) is 0 Å². The molecule has 3 amide bonds. The van der Waals surface area contributed by atoms with Crippen LogP contribution in [0.2, 0.25) is 0 Å². The van der Waals surface area contributed by atoms with E-state index in [1.807, 2.05) is 35.2 Å². The van der Waals surface area contributed by atoms with Crippen LogP contribution in [0.1, 0.15) is 36.8 Å². The molecule has 1 aliphatic carbocycles. The van der Waals surface area contributed by atoms with Crippen molar-refractivity contribution in [3.05, 3.63) is 65.7 Å². The summed E-state index contributed by atoms with van der Waals surface area (Å²) in [4.78, 5) is 29.7. The maximum atomic E-state index is 13.3. The van der Waals surface area contributed by atoms with Crippen molar-refractivity contribution in [2.45, 2.75) is 56.0 Å². The molecule has 9 heteroatoms. The third-order valence-corrected chi connectivity index (χ3v) is 6.98. The van der Waals surface area contributed by atoms with Crippen molar-refractivity contribution in [3.63, 3.8) is 0 Å². The minimum Gasteiger partial charge on any atom is -0.324 e. The van der Waals surface area contributed by atoms with Crippen LogP contribution in [0, 0.1) is 0 Å². The fourth-order valence-electron chi connectivity index (χ4n) is 5.09. The normalized spacial score (nSPS) is 22.3. The lowest BCUT2D eigenvalue weighted by atomic mass is 9.95. The van der Waals surface area contributed by atoms with Crippen molar-refractivity contribution in [1.82, 2.24) is 15.1 Å². The minimum atomic E-state index is -4.42. The minimum absolute atomic E-state index is 0.133. The molecule has 2 aromatic rings. The van der Waals surface area contributed by atoms with E-state index in [0.717, 1.165) is 30.5 Å². The Labute approximate surface area is 196 Å². The number of urea groups is 1. The largest absolute Gasteiger partial charge is 0.416 e. The van der Waals surface area contributed by atoms with Crippen LogP contribution < -0.4 is 10.6 Å². The highest BCUT2D eigenvalue weighted by Crippen LogP contribution is 2.41. The highest BCUT2D eigenvalue weighted by molar-refractivity contribution is 5.90. The number of alkyl halides is 3. The van der Waals surface area contributed by atoms with Crippen molar-refractivity contribution < 1.29 is 22.8 Å². The maximum Gasteiger partial charge on any atom is 0.416 e. The van der Waals surface area contributed by atoms with Crippen LogP contribution in [0.4, 0.5) is 23.7 Å². The second kappa shape index (κ2) is 8.61. The molecular weight excluding hydrogens is 445 g/mol. The number of benzene rings is 2. The number of piperidine rings is 1. The van der Waals surface area contributed by atoms with Gasteiger partial charge in [0.1, 0.15) is 0 Å². The molecule has 2 aliphatic heterocycles. The molecule has 6 nitrogen and oxygen atoms in total. The SMILES string of the molecule is O=C(Nc1ccc(C(F)(F)F)cc1)N1CCC2(CC1)N[C@@H](Cc1ccccc1)C(=O)N2C1CC1. The Kier molecular flexibility index (Phi) is 5.75. The number of hydrogen-bond donors (Lipinski definition) is 2. The predicted octanol–water partition coefficient (Wildman–Crippen LogP) is 4.23. The summed E-state index contributed by atoms with van der Waals surface area (Å²) in [6, 6.07) is 14.0. The van der Waals surface area contributed by atoms with Crippen LogP contribution in [0.15, 0.2) is 54.6 Å². The van der Waals surface area contributed by atoms with E-state index in [4.69, 9.17) is 0 Å². The summed E-state index contributed by atoms with van der Waals surface area (Å²) < 4.78 is 38.3. The fraction of sp³-hybridized carbons (Fsp3) is 0.440. The first kappa shape index (κ1) is 22.7. The predicted molar refractivity (Wildman–Crippen MR) is 121 cm³/mol. The van der Waals surface area contributed by atoms with Gasteiger partial charge in [0.15, 0.2) is 0 Å². The molecule has 34 heavy (non-hydrogen) atoms. The van der Waals surface area contributed by atoms with Crippen molar-refractivity contribution in [3.8, 4) is 0 Å². The Hall–Kier alpha value is -3.07. The number of likely N-dealkylation sites (tertiary alicyclic amines) is 1. The van der Waals surface area contributed by atoms with E-state index in [9.17, 15) is 22.8 Å². The third-order valence-electron chi connectivity index (χ3n) is 6.98. The van der Waals surface area contributed by atoms with Crippen LogP contribution >= 0.6 is 0 Å². The summed E-state index contributed by atoms with van der Waals surface area (Å²) in [5.41, 5.74) is 0.208. The number of anilines is 1. The Balaban J connectivity index is 1.23. The maximum absolute atomic E-state index is 13.3. The number of hydrogen-bond acceptors (Lipinski definition) is 3. The number of carbonyl (C=O) groups excluding carboxylic acids is 2. The summed E-state index contributed by atoms with van der Waals surface area (Å²) in [6.07, 6.45) is -0.553. The van der Waals surface area contributed by atoms with Gasteiger partial charge in [0.2, 0.25) is 5.91 Å². The lowest BCUT2D eigenvalue weighted by molar-refractivity contribution is -0.137. The molecule has 1 saturated carbocycles. The second-order valence-electron chi connectivity index (χ2n) is 9.35. The van der Waals surface area contributed by atoms with Gasteiger partial charge in [-0.25, -0.2) is 4.79 Å². The van der Waals surface area contributed by atoms with Gasteiger partial charge in [-0.3, -0.25) is 10.1 Å². The van der Waals surface area contributed by atoms with Gasteiger partial charge in [0.05, 0.1) is 17.3 Å². The van der Waals surface area contributed by atoms with E-state index >= 15 is 0 Å². The monoisotopic (exact) mass is 472 g/mol. The molecule has 1 atom stereocenters. The highest BCUT2D eigenvalue weighted by atomic mass is 19.4. The summed E-state index contributed by atoms with van der Waals surface area (Å²) in [5.74, 6) is 0.133. The number of rotatable bonds is 4. The second-order valence-corrected chi connectivity index (χ2v) is 9.35. The molecule has 0 unspecified atom stereocenters. The molecule has 5 rings (SSSR count). The average Bonchev–Trinajstić information content (AvgIpc) is 3.61. The van der Waals surface area contributed by atoms with E-state index in [1.165, 1.54) is 12.1 Å². The molecule has 2 saturated heterocycles. The smallest absolute Gasteiger partial charge is 0.324 e. The molecule has 2 heterocycles. The fourth-order valence-corrected chi connectivity index (χ4v) is 5.09. The first-order valence-electron chi connectivity index (χ1n) is 11.6. The van der Waals surface area contributed by atoms with Crippen molar-refractivity contribution in [2.75, 3.05) is 18.4 Å². The lowest BCUT2D eigenvalue weighted by Gasteiger charge is -2.44. The van der Waals surface area contributed by atoms with Gasteiger partial charge in [0, 0.05) is 37.7 Å². The van der Waals surface area contributed by atoms with Gasteiger partial charge in [-0.05, 0) is 49.1 Å². The van der Waals surface area contributed by atoms with Crippen LogP contribution in [0.25, 0.3) is 0 Å². The molecule has 1 spiro atoms. The molecule has 2 aromatic carbocycles. The molecule has 0 aromatic heterocycles. The summed E-state index contributed by atoms with van der Waals surface area (Å²) in [7, 11) is 0. The van der Waals surface area contributed by atoms with E-state index in [0.29, 0.717) is 38.0 Å². The number of nitrogens with one attached hydrogen (secondary N) is 2. The number of halogens is 3. The number of amides is 3. The zero-order valence-corrected chi connectivity index (χ0v) is 18.6. The van der Waals surface area contributed by atoms with Crippen LogP contribution in [0.5, 0.6) is 0 Å². The third kappa shape index (κ3) is 4.49. The Morgan fingerprint density at radius 3 is 2.26 bits per heavy atom. The standard InChI is InChI=1S/C25H27F3N4O2/c26-25(27,28)18-6-8-19(9-7-18)29-23(34)31-14-12-24(13-15-31)30-21(16-17-4-2-1-3-5-17)22(33)32(24)20-10-11-20/h1-9,20-21,30H,10-16H2,(H,29,34)/t21-/m0/s1. The topological polar surface area (TPSA) is 64.7 Å². The van der Waals surface area contributed by atoms with E-state index in [1.54, 1.807) is 4.90 Å². The molecule has 0 bridgehead atoms. The highest BCUT2D eigenvalue weighted by Gasteiger charge is 2.56. The summed E-state index contributed by atoms with van der Waals surface area (Å²) in [6.45, 7) is 0.905. The van der Waals surface area contributed by atoms with Gasteiger partial charge >= 0.3 is 12.2 Å². The Morgan fingerprint density at radius 1 is 1.03 bits per heavy atom. The van der Waals surface area contributed by atoms with E-state index in [2.05, 4.69) is 10.6 Å². The molecule has 2 N–H and O–H groups in total. The first-order valence-corrected chi connectivity index (χ1v) is 11.6. The van der Waals surface area contributed by atoms with Gasteiger partial charge in [-0.15, -0.1) is 0 Å². The molecular formula is C25H27F3N4O2. The molecule has 3 fully saturated rings. The van der Waals surface area contributed by atoms with Crippen LogP contribution in [0.3, 0.4) is 0 Å². The Bertz CT molecular complexity index is 1050. The van der Waals surface area contributed by atoms with Gasteiger partial charge in [0.25, 0.3) is 0 Å². The quantitative estimate of drug-likeness (QED) is 0.700. The average molecular weight is 473 g/mol.